The molecule has 124 valence electrons. The average Bonchev–Trinajstić information content (AvgIpc) is 3.04. The molecule has 0 saturated carbocycles. The van der Waals surface area contributed by atoms with Gasteiger partial charge in [0.15, 0.2) is 0 Å². The topological polar surface area (TPSA) is 42.7 Å². The number of hydrogen-bond donors (Lipinski definition) is 1. The van der Waals surface area contributed by atoms with E-state index in [0.29, 0.717) is 0 Å². The van der Waals surface area contributed by atoms with Crippen molar-refractivity contribution in [1.82, 2.24) is 14.5 Å². The van der Waals surface area contributed by atoms with E-state index in [2.05, 4.69) is 50.4 Å². The summed E-state index contributed by atoms with van der Waals surface area (Å²) >= 11 is 1.87. The molecule has 3 rings (SSSR count). The SMILES string of the molecule is CSCCc1c(-c2ccccc2)ncn1CCNc1cccnc1. The van der Waals surface area contributed by atoms with E-state index < -0.39 is 0 Å². The largest absolute Gasteiger partial charge is 0.382 e. The number of nitrogens with zero attached hydrogens (tertiary/aromatic N) is 3. The lowest BCUT2D eigenvalue weighted by atomic mass is 10.1. The van der Waals surface area contributed by atoms with Crippen molar-refractivity contribution in [2.75, 3.05) is 23.9 Å². The molecule has 0 bridgehead atoms. The zero-order chi connectivity index (χ0) is 16.6. The number of imidazole rings is 1. The van der Waals surface area contributed by atoms with E-state index >= 15 is 0 Å². The number of rotatable bonds is 8. The van der Waals surface area contributed by atoms with Crippen LogP contribution in [-0.2, 0) is 13.0 Å². The van der Waals surface area contributed by atoms with Crippen LogP contribution in [0.4, 0.5) is 5.69 Å². The second-order valence-corrected chi connectivity index (χ2v) is 6.50. The first-order chi connectivity index (χ1) is 11.9. The molecular formula is C19H22N4S. The van der Waals surface area contributed by atoms with Crippen LogP contribution in [0.2, 0.25) is 0 Å². The van der Waals surface area contributed by atoms with Crippen LogP contribution in [0.5, 0.6) is 0 Å². The molecule has 0 aliphatic heterocycles. The van der Waals surface area contributed by atoms with Gasteiger partial charge in [-0.3, -0.25) is 4.98 Å². The molecule has 0 spiro atoms. The molecule has 1 N–H and O–H groups in total. The van der Waals surface area contributed by atoms with E-state index in [-0.39, 0.29) is 0 Å². The van der Waals surface area contributed by atoms with E-state index in [0.717, 1.165) is 36.6 Å². The highest BCUT2D eigenvalue weighted by Gasteiger charge is 2.12. The fourth-order valence-corrected chi connectivity index (χ4v) is 3.08. The van der Waals surface area contributed by atoms with Gasteiger partial charge < -0.3 is 9.88 Å². The number of nitrogens with one attached hydrogen (secondary N) is 1. The Morgan fingerprint density at radius 3 is 2.75 bits per heavy atom. The van der Waals surface area contributed by atoms with Gasteiger partial charge in [0.25, 0.3) is 0 Å². The third-order valence-electron chi connectivity index (χ3n) is 3.88. The molecule has 0 unspecified atom stereocenters. The summed E-state index contributed by atoms with van der Waals surface area (Å²) in [5, 5.41) is 3.41. The summed E-state index contributed by atoms with van der Waals surface area (Å²) in [7, 11) is 0. The highest BCUT2D eigenvalue weighted by molar-refractivity contribution is 7.98. The van der Waals surface area contributed by atoms with Gasteiger partial charge in [-0.1, -0.05) is 30.3 Å². The first kappa shape index (κ1) is 16.6. The highest BCUT2D eigenvalue weighted by atomic mass is 32.2. The van der Waals surface area contributed by atoms with Gasteiger partial charge in [-0.15, -0.1) is 0 Å². The Morgan fingerprint density at radius 1 is 1.12 bits per heavy atom. The van der Waals surface area contributed by atoms with Crippen LogP contribution in [0.1, 0.15) is 5.69 Å². The van der Waals surface area contributed by atoms with E-state index in [1.165, 1.54) is 11.3 Å². The Kier molecular flexibility index (Phi) is 5.90. The Hall–Kier alpha value is -2.27. The Labute approximate surface area is 147 Å². The summed E-state index contributed by atoms with van der Waals surface area (Å²) in [6.07, 6.45) is 8.76. The summed E-state index contributed by atoms with van der Waals surface area (Å²) in [4.78, 5) is 8.81. The maximum atomic E-state index is 4.68. The minimum atomic E-state index is 0.850. The minimum absolute atomic E-state index is 0.850. The summed E-state index contributed by atoms with van der Waals surface area (Å²) in [6, 6.07) is 14.4. The van der Waals surface area contributed by atoms with Gasteiger partial charge in [0.2, 0.25) is 0 Å². The van der Waals surface area contributed by atoms with Crippen molar-refractivity contribution in [1.29, 1.82) is 0 Å². The van der Waals surface area contributed by atoms with Crippen LogP contribution < -0.4 is 5.32 Å². The van der Waals surface area contributed by atoms with Crippen LogP contribution in [0, 0.1) is 0 Å². The Balaban J connectivity index is 1.73. The molecule has 0 atom stereocenters. The monoisotopic (exact) mass is 338 g/mol. The Bertz CT molecular complexity index is 741. The van der Waals surface area contributed by atoms with Gasteiger partial charge in [0, 0.05) is 36.7 Å². The normalized spacial score (nSPS) is 10.7. The van der Waals surface area contributed by atoms with E-state index in [9.17, 15) is 0 Å². The zero-order valence-corrected chi connectivity index (χ0v) is 14.7. The number of thioether (sulfide) groups is 1. The molecule has 5 heteroatoms. The van der Waals surface area contributed by atoms with E-state index in [1.54, 1.807) is 6.20 Å². The maximum Gasteiger partial charge on any atom is 0.0956 e. The molecule has 3 aromatic rings. The second-order valence-electron chi connectivity index (χ2n) is 5.51. The molecule has 0 aliphatic carbocycles. The Morgan fingerprint density at radius 2 is 2.00 bits per heavy atom. The minimum Gasteiger partial charge on any atom is -0.382 e. The van der Waals surface area contributed by atoms with Crippen molar-refractivity contribution in [2.24, 2.45) is 0 Å². The number of benzene rings is 1. The van der Waals surface area contributed by atoms with E-state index in [1.807, 2.05) is 42.5 Å². The molecule has 2 heterocycles. The van der Waals surface area contributed by atoms with Gasteiger partial charge in [-0.05, 0) is 30.6 Å². The molecule has 4 nitrogen and oxygen atoms in total. The molecule has 0 amide bonds. The van der Waals surface area contributed by atoms with Gasteiger partial charge in [-0.2, -0.15) is 11.8 Å². The van der Waals surface area contributed by atoms with Crippen LogP contribution in [0.25, 0.3) is 11.3 Å². The molecule has 0 fully saturated rings. The zero-order valence-electron chi connectivity index (χ0n) is 13.9. The summed E-state index contributed by atoms with van der Waals surface area (Å²) in [5.74, 6) is 1.10. The third kappa shape index (κ3) is 4.17. The fourth-order valence-electron chi connectivity index (χ4n) is 2.69. The van der Waals surface area contributed by atoms with Crippen molar-refractivity contribution in [2.45, 2.75) is 13.0 Å². The first-order valence-electron chi connectivity index (χ1n) is 8.10. The lowest BCUT2D eigenvalue weighted by molar-refractivity contribution is 0.692. The molecule has 24 heavy (non-hydrogen) atoms. The summed E-state index contributed by atoms with van der Waals surface area (Å²) in [6.45, 7) is 1.74. The molecule has 1 aromatic carbocycles. The quantitative estimate of drug-likeness (QED) is 0.675. The molecule has 0 saturated heterocycles. The van der Waals surface area contributed by atoms with Crippen LogP contribution in [0.3, 0.4) is 0 Å². The number of anilines is 1. The molecule has 0 radical (unpaired) electrons. The number of aromatic nitrogens is 3. The number of pyridine rings is 1. The van der Waals surface area contributed by atoms with E-state index in [4.69, 9.17) is 0 Å². The first-order valence-corrected chi connectivity index (χ1v) is 9.50. The molecule has 2 aromatic heterocycles. The molecule has 0 aliphatic rings. The van der Waals surface area contributed by atoms with Crippen molar-refractivity contribution in [3.05, 3.63) is 66.9 Å². The summed E-state index contributed by atoms with van der Waals surface area (Å²) < 4.78 is 2.27. The standard InChI is InChI=1S/C19H22N4S/c1-24-13-9-18-19(16-6-3-2-4-7-16)22-15-23(18)12-11-21-17-8-5-10-20-14-17/h2-8,10,14-15,21H,9,11-13H2,1H3. The second kappa shape index (κ2) is 8.55. The summed E-state index contributed by atoms with van der Waals surface area (Å²) in [5.41, 5.74) is 4.65. The van der Waals surface area contributed by atoms with Crippen LogP contribution in [0.15, 0.2) is 61.2 Å². The highest BCUT2D eigenvalue weighted by Crippen LogP contribution is 2.23. The maximum absolute atomic E-state index is 4.68. The lowest BCUT2D eigenvalue weighted by Crippen LogP contribution is -2.12. The van der Waals surface area contributed by atoms with Crippen LogP contribution in [-0.4, -0.2) is 33.1 Å². The third-order valence-corrected chi connectivity index (χ3v) is 4.49. The van der Waals surface area contributed by atoms with Crippen molar-refractivity contribution >= 4 is 17.4 Å². The van der Waals surface area contributed by atoms with Gasteiger partial charge in [0.05, 0.1) is 17.7 Å². The predicted octanol–water partition coefficient (Wildman–Crippen LogP) is 3.96. The van der Waals surface area contributed by atoms with Crippen molar-refractivity contribution in [3.8, 4) is 11.3 Å². The van der Waals surface area contributed by atoms with Crippen molar-refractivity contribution in [3.63, 3.8) is 0 Å². The number of hydrogen-bond acceptors (Lipinski definition) is 4. The van der Waals surface area contributed by atoms with Gasteiger partial charge in [-0.25, -0.2) is 4.98 Å². The van der Waals surface area contributed by atoms with Crippen molar-refractivity contribution < 1.29 is 0 Å². The average molecular weight is 338 g/mol. The molecular weight excluding hydrogens is 316 g/mol. The van der Waals surface area contributed by atoms with Gasteiger partial charge >= 0.3 is 0 Å². The van der Waals surface area contributed by atoms with Crippen LogP contribution >= 0.6 is 11.8 Å². The smallest absolute Gasteiger partial charge is 0.0956 e. The fraction of sp³-hybridized carbons (Fsp3) is 0.263. The predicted molar refractivity (Wildman–Crippen MR) is 102 cm³/mol. The lowest BCUT2D eigenvalue weighted by Gasteiger charge is -2.11. The van der Waals surface area contributed by atoms with Gasteiger partial charge in [0.1, 0.15) is 0 Å².